The smallest absolute Gasteiger partial charge is 0.259 e. The fourth-order valence-corrected chi connectivity index (χ4v) is 2.73. The van der Waals surface area contributed by atoms with E-state index in [1.165, 1.54) is 17.8 Å². The summed E-state index contributed by atoms with van der Waals surface area (Å²) in [7, 11) is 0. The summed E-state index contributed by atoms with van der Waals surface area (Å²) in [5, 5.41) is 0.970. The Balaban J connectivity index is 1.85. The van der Waals surface area contributed by atoms with Gasteiger partial charge in [0.1, 0.15) is 0 Å². The van der Waals surface area contributed by atoms with Crippen LogP contribution >= 0.6 is 11.8 Å². The van der Waals surface area contributed by atoms with Crippen molar-refractivity contribution in [1.29, 1.82) is 0 Å². The monoisotopic (exact) mass is 304 g/mol. The third-order valence-electron chi connectivity index (χ3n) is 2.95. The van der Waals surface area contributed by atoms with Crippen molar-refractivity contribution < 1.29 is 8.78 Å². The van der Waals surface area contributed by atoms with E-state index >= 15 is 0 Å². The molecule has 0 aliphatic heterocycles. The topological polar surface area (TPSA) is 45.8 Å². The van der Waals surface area contributed by atoms with Gasteiger partial charge in [0, 0.05) is 5.75 Å². The maximum Gasteiger partial charge on any atom is 0.259 e. The van der Waals surface area contributed by atoms with E-state index in [9.17, 15) is 13.6 Å². The van der Waals surface area contributed by atoms with E-state index in [-0.39, 0.29) is 5.56 Å². The first-order chi connectivity index (χ1) is 10.1. The number of nitrogens with one attached hydrogen (secondary N) is 1. The fraction of sp³-hybridized carbons (Fsp3) is 0.0667. The number of aromatic amines is 1. The molecular formula is C15H10F2N2OS. The Morgan fingerprint density at radius 1 is 1.10 bits per heavy atom. The zero-order chi connectivity index (χ0) is 14.8. The Hall–Kier alpha value is -2.21. The quantitative estimate of drug-likeness (QED) is 0.595. The second-order valence-electron chi connectivity index (χ2n) is 4.43. The van der Waals surface area contributed by atoms with Gasteiger partial charge in [-0.25, -0.2) is 13.8 Å². The first-order valence-corrected chi connectivity index (χ1v) is 7.18. The highest BCUT2D eigenvalue weighted by Crippen LogP contribution is 2.21. The molecule has 0 unspecified atom stereocenters. The molecule has 0 amide bonds. The number of rotatable bonds is 3. The minimum atomic E-state index is -0.881. The van der Waals surface area contributed by atoms with Gasteiger partial charge in [-0.1, -0.05) is 30.0 Å². The second kappa shape index (κ2) is 5.65. The second-order valence-corrected chi connectivity index (χ2v) is 5.39. The van der Waals surface area contributed by atoms with Crippen LogP contribution in [0.4, 0.5) is 8.78 Å². The van der Waals surface area contributed by atoms with E-state index in [4.69, 9.17) is 0 Å². The highest BCUT2D eigenvalue weighted by Gasteiger charge is 2.06. The van der Waals surface area contributed by atoms with Crippen molar-refractivity contribution in [1.82, 2.24) is 9.97 Å². The first kappa shape index (κ1) is 13.8. The van der Waals surface area contributed by atoms with Crippen LogP contribution in [0.1, 0.15) is 5.56 Å². The van der Waals surface area contributed by atoms with Gasteiger partial charge < -0.3 is 4.98 Å². The van der Waals surface area contributed by atoms with E-state index < -0.39 is 11.6 Å². The molecule has 0 atom stereocenters. The van der Waals surface area contributed by atoms with Crippen molar-refractivity contribution in [2.75, 3.05) is 0 Å². The van der Waals surface area contributed by atoms with Crippen molar-refractivity contribution >= 4 is 22.7 Å². The van der Waals surface area contributed by atoms with Gasteiger partial charge in [0.2, 0.25) is 0 Å². The molecule has 0 spiro atoms. The van der Waals surface area contributed by atoms with E-state index in [1.54, 1.807) is 24.3 Å². The molecule has 1 N–H and O–H groups in total. The molecule has 3 aromatic rings. The minimum Gasteiger partial charge on any atom is -0.301 e. The first-order valence-electron chi connectivity index (χ1n) is 6.19. The molecule has 0 radical (unpaired) electrons. The number of benzene rings is 2. The molecule has 21 heavy (non-hydrogen) atoms. The molecule has 0 saturated carbocycles. The van der Waals surface area contributed by atoms with Gasteiger partial charge in [0.05, 0.1) is 10.9 Å². The van der Waals surface area contributed by atoms with Gasteiger partial charge in [0.15, 0.2) is 16.8 Å². The number of hydrogen-bond donors (Lipinski definition) is 1. The highest BCUT2D eigenvalue weighted by atomic mass is 32.2. The van der Waals surface area contributed by atoms with Crippen LogP contribution in [0.3, 0.4) is 0 Å². The van der Waals surface area contributed by atoms with Gasteiger partial charge in [-0.3, -0.25) is 4.79 Å². The molecular weight excluding hydrogens is 294 g/mol. The van der Waals surface area contributed by atoms with Crippen LogP contribution in [-0.4, -0.2) is 9.97 Å². The molecule has 0 aliphatic carbocycles. The highest BCUT2D eigenvalue weighted by molar-refractivity contribution is 7.98. The number of hydrogen-bond acceptors (Lipinski definition) is 3. The van der Waals surface area contributed by atoms with E-state index in [0.29, 0.717) is 27.4 Å². The molecule has 2 aromatic carbocycles. The summed E-state index contributed by atoms with van der Waals surface area (Å²) in [4.78, 5) is 18.9. The Bertz CT molecular complexity index is 864. The van der Waals surface area contributed by atoms with E-state index in [2.05, 4.69) is 9.97 Å². The molecule has 3 rings (SSSR count). The summed E-state index contributed by atoms with van der Waals surface area (Å²) in [5.74, 6) is -1.37. The van der Waals surface area contributed by atoms with Crippen LogP contribution < -0.4 is 5.56 Å². The molecule has 0 fully saturated rings. The number of halogens is 2. The molecule has 6 heteroatoms. The lowest BCUT2D eigenvalue weighted by molar-refractivity contribution is 0.507. The fourth-order valence-electron chi connectivity index (χ4n) is 1.91. The molecule has 1 aromatic heterocycles. The lowest BCUT2D eigenvalue weighted by Crippen LogP contribution is -2.08. The lowest BCUT2D eigenvalue weighted by Gasteiger charge is -2.03. The van der Waals surface area contributed by atoms with Crippen LogP contribution in [0, 0.1) is 11.6 Å². The third-order valence-corrected chi connectivity index (χ3v) is 3.90. The summed E-state index contributed by atoms with van der Waals surface area (Å²) in [6.07, 6.45) is 0. The normalized spacial score (nSPS) is 11.0. The van der Waals surface area contributed by atoms with Gasteiger partial charge >= 0.3 is 0 Å². The summed E-state index contributed by atoms with van der Waals surface area (Å²) in [6.45, 7) is 0. The summed E-state index contributed by atoms with van der Waals surface area (Å²) in [5.41, 5.74) is 1.01. The van der Waals surface area contributed by atoms with Crippen LogP contribution in [0.15, 0.2) is 52.4 Å². The van der Waals surface area contributed by atoms with Gasteiger partial charge in [-0.05, 0) is 29.8 Å². The number of H-pyrrole nitrogens is 1. The lowest BCUT2D eigenvalue weighted by atomic mass is 10.2. The van der Waals surface area contributed by atoms with Crippen LogP contribution in [0.2, 0.25) is 0 Å². The van der Waals surface area contributed by atoms with Crippen molar-refractivity contribution in [3.05, 3.63) is 70.0 Å². The predicted octanol–water partition coefficient (Wildman–Crippen LogP) is 3.49. The van der Waals surface area contributed by atoms with Crippen LogP contribution in [0.25, 0.3) is 10.9 Å². The SMILES string of the molecule is O=c1[nH]c(SCc2ccc(F)c(F)c2)nc2ccccc12. The Labute approximate surface area is 123 Å². The molecule has 0 bridgehead atoms. The standard InChI is InChI=1S/C15H10F2N2OS/c16-11-6-5-9(7-12(11)17)8-21-15-18-13-4-2-1-3-10(13)14(20)19-15/h1-7H,8H2,(H,18,19,20). The van der Waals surface area contributed by atoms with E-state index in [1.807, 2.05) is 0 Å². The average molecular weight is 304 g/mol. The largest absolute Gasteiger partial charge is 0.301 e. The Morgan fingerprint density at radius 2 is 1.90 bits per heavy atom. The van der Waals surface area contributed by atoms with Crippen molar-refractivity contribution in [3.63, 3.8) is 0 Å². The van der Waals surface area contributed by atoms with E-state index in [0.717, 1.165) is 12.1 Å². The maximum atomic E-state index is 13.1. The van der Waals surface area contributed by atoms with Crippen LogP contribution in [-0.2, 0) is 5.75 Å². The number of para-hydroxylation sites is 1. The Morgan fingerprint density at radius 3 is 2.71 bits per heavy atom. The van der Waals surface area contributed by atoms with Crippen molar-refractivity contribution in [2.24, 2.45) is 0 Å². The number of aromatic nitrogens is 2. The van der Waals surface area contributed by atoms with Gasteiger partial charge in [0.25, 0.3) is 5.56 Å². The molecule has 106 valence electrons. The third kappa shape index (κ3) is 2.95. The zero-order valence-corrected chi connectivity index (χ0v) is 11.6. The predicted molar refractivity (Wildman–Crippen MR) is 78.3 cm³/mol. The van der Waals surface area contributed by atoms with Gasteiger partial charge in [-0.15, -0.1) is 0 Å². The number of nitrogens with zero attached hydrogens (tertiary/aromatic N) is 1. The summed E-state index contributed by atoms with van der Waals surface area (Å²) < 4.78 is 26.0. The maximum absolute atomic E-state index is 13.1. The zero-order valence-electron chi connectivity index (χ0n) is 10.8. The number of thioether (sulfide) groups is 1. The van der Waals surface area contributed by atoms with Gasteiger partial charge in [-0.2, -0.15) is 0 Å². The summed E-state index contributed by atoms with van der Waals surface area (Å²) in [6, 6.07) is 10.8. The summed E-state index contributed by atoms with van der Waals surface area (Å²) >= 11 is 1.26. The molecule has 3 nitrogen and oxygen atoms in total. The molecule has 0 aliphatic rings. The number of fused-ring (bicyclic) bond motifs is 1. The van der Waals surface area contributed by atoms with Crippen molar-refractivity contribution in [3.8, 4) is 0 Å². The minimum absolute atomic E-state index is 0.214. The average Bonchev–Trinajstić information content (AvgIpc) is 2.49. The van der Waals surface area contributed by atoms with Crippen molar-refractivity contribution in [2.45, 2.75) is 10.9 Å². The molecule has 1 heterocycles. The Kier molecular flexibility index (Phi) is 3.70. The molecule has 0 saturated heterocycles. The van der Waals surface area contributed by atoms with Crippen LogP contribution in [0.5, 0.6) is 0 Å².